The van der Waals surface area contributed by atoms with Gasteiger partial charge in [-0.05, 0) is 85.8 Å². The number of esters is 1. The predicted molar refractivity (Wildman–Crippen MR) is 170 cm³/mol. The fraction of sp³-hybridized carbons (Fsp3) is 0.486. The Kier molecular flexibility index (Phi) is 14.9. The fourth-order valence-electron chi connectivity index (χ4n) is 4.87. The van der Waals surface area contributed by atoms with Crippen molar-refractivity contribution in [2.24, 2.45) is 0 Å². The lowest BCUT2D eigenvalue weighted by Crippen LogP contribution is -2.11. The molecule has 3 aromatic carbocycles. The first-order valence-electron chi connectivity index (χ1n) is 15.9. The van der Waals surface area contributed by atoms with Crippen LogP contribution in [0, 0.1) is 0 Å². The Balaban J connectivity index is 1.40. The van der Waals surface area contributed by atoms with Crippen LogP contribution < -0.4 is 14.2 Å². The highest BCUT2D eigenvalue weighted by atomic mass is 16.5. The summed E-state index contributed by atoms with van der Waals surface area (Å²) in [6.07, 6.45) is 16.5. The number of ether oxygens (including phenoxy) is 3. The Bertz CT molecular complexity index is 1100. The van der Waals surface area contributed by atoms with Crippen LogP contribution in [0.25, 0.3) is 11.1 Å². The van der Waals surface area contributed by atoms with E-state index in [1.54, 1.807) is 12.1 Å². The van der Waals surface area contributed by atoms with E-state index in [0.29, 0.717) is 11.3 Å². The van der Waals surface area contributed by atoms with Crippen molar-refractivity contribution in [2.45, 2.75) is 110 Å². The Hall–Kier alpha value is -3.27. The molecular weight excluding hydrogens is 508 g/mol. The lowest BCUT2D eigenvalue weighted by molar-refractivity contribution is 0.0734. The van der Waals surface area contributed by atoms with Crippen LogP contribution >= 0.6 is 0 Å². The van der Waals surface area contributed by atoms with Gasteiger partial charge in [0.15, 0.2) is 0 Å². The first-order chi connectivity index (χ1) is 20.1. The summed E-state index contributed by atoms with van der Waals surface area (Å²) in [6, 6.07) is 23.0. The van der Waals surface area contributed by atoms with Crippen molar-refractivity contribution in [2.75, 3.05) is 6.61 Å². The van der Waals surface area contributed by atoms with Crippen LogP contribution in [-0.4, -0.2) is 18.7 Å². The summed E-state index contributed by atoms with van der Waals surface area (Å²) in [4.78, 5) is 12.7. The molecule has 0 aromatic heterocycles. The van der Waals surface area contributed by atoms with Gasteiger partial charge in [0, 0.05) is 0 Å². The molecule has 0 amide bonds. The number of carbonyl (C=O) groups excluding carboxylic acids is 1. The lowest BCUT2D eigenvalue weighted by atomic mass is 10.0. The van der Waals surface area contributed by atoms with Crippen molar-refractivity contribution in [3.8, 4) is 28.4 Å². The summed E-state index contributed by atoms with van der Waals surface area (Å²) in [6.45, 7) is 7.36. The Morgan fingerprint density at radius 2 is 1.07 bits per heavy atom. The van der Waals surface area contributed by atoms with Gasteiger partial charge in [0.25, 0.3) is 0 Å². The summed E-state index contributed by atoms with van der Waals surface area (Å²) < 4.78 is 17.5. The molecule has 222 valence electrons. The summed E-state index contributed by atoms with van der Waals surface area (Å²) in [7, 11) is 0. The topological polar surface area (TPSA) is 44.8 Å². The van der Waals surface area contributed by atoms with Crippen LogP contribution in [0.5, 0.6) is 17.2 Å². The Morgan fingerprint density at radius 3 is 1.68 bits per heavy atom. The molecule has 0 saturated carbocycles. The van der Waals surface area contributed by atoms with Gasteiger partial charge in [-0.25, -0.2) is 4.79 Å². The smallest absolute Gasteiger partial charge is 0.343 e. The van der Waals surface area contributed by atoms with E-state index in [9.17, 15) is 4.79 Å². The van der Waals surface area contributed by atoms with Crippen molar-refractivity contribution in [1.29, 1.82) is 0 Å². The van der Waals surface area contributed by atoms with Gasteiger partial charge in [0.2, 0.25) is 0 Å². The quantitative estimate of drug-likeness (QED) is 0.0786. The van der Waals surface area contributed by atoms with Gasteiger partial charge in [-0.2, -0.15) is 0 Å². The highest BCUT2D eigenvalue weighted by Crippen LogP contribution is 2.25. The molecule has 3 aromatic rings. The van der Waals surface area contributed by atoms with Crippen LogP contribution in [0.4, 0.5) is 0 Å². The van der Waals surface area contributed by atoms with Crippen molar-refractivity contribution in [3.05, 3.63) is 78.4 Å². The maximum absolute atomic E-state index is 12.7. The second-order valence-corrected chi connectivity index (χ2v) is 11.1. The third-order valence-corrected chi connectivity index (χ3v) is 7.41. The standard InChI is InChI=1S/C37H50O4/c1-4-6-8-10-12-14-16-30(3)40-35-25-27-36(28-26-35)41-37(38)33-19-17-31(18-20-33)32-21-23-34(24-22-32)39-29-15-13-11-9-7-5-2/h17-28,30H,4-16,29H2,1-3H3/t30-/m0/s1. The third-order valence-electron chi connectivity index (χ3n) is 7.41. The first kappa shape index (κ1) is 32.2. The molecule has 1 atom stereocenters. The molecule has 0 saturated heterocycles. The number of rotatable bonds is 20. The van der Waals surface area contributed by atoms with Gasteiger partial charge in [0.05, 0.1) is 18.3 Å². The highest BCUT2D eigenvalue weighted by molar-refractivity contribution is 5.91. The van der Waals surface area contributed by atoms with E-state index in [4.69, 9.17) is 14.2 Å². The average Bonchev–Trinajstić information content (AvgIpc) is 3.00. The van der Waals surface area contributed by atoms with Gasteiger partial charge in [0.1, 0.15) is 17.2 Å². The van der Waals surface area contributed by atoms with Gasteiger partial charge in [-0.15, -0.1) is 0 Å². The zero-order valence-electron chi connectivity index (χ0n) is 25.5. The lowest BCUT2D eigenvalue weighted by Gasteiger charge is -2.15. The van der Waals surface area contributed by atoms with E-state index >= 15 is 0 Å². The second kappa shape index (κ2) is 19.0. The first-order valence-corrected chi connectivity index (χ1v) is 15.9. The number of carbonyl (C=O) groups is 1. The molecular formula is C37H50O4. The van der Waals surface area contributed by atoms with E-state index in [0.717, 1.165) is 42.1 Å². The minimum atomic E-state index is -0.375. The minimum Gasteiger partial charge on any atom is -0.494 e. The zero-order valence-corrected chi connectivity index (χ0v) is 25.5. The molecule has 0 fully saturated rings. The third kappa shape index (κ3) is 12.4. The van der Waals surface area contributed by atoms with E-state index in [1.807, 2.05) is 48.5 Å². The van der Waals surface area contributed by atoms with Gasteiger partial charge >= 0.3 is 5.97 Å². The molecule has 0 aliphatic heterocycles. The molecule has 0 unspecified atom stereocenters. The van der Waals surface area contributed by atoms with Crippen molar-refractivity contribution in [3.63, 3.8) is 0 Å². The number of hydrogen-bond acceptors (Lipinski definition) is 4. The number of hydrogen-bond donors (Lipinski definition) is 0. The van der Waals surface area contributed by atoms with E-state index in [1.165, 1.54) is 70.6 Å². The molecule has 0 N–H and O–H groups in total. The van der Waals surface area contributed by atoms with E-state index in [-0.39, 0.29) is 12.1 Å². The molecule has 41 heavy (non-hydrogen) atoms. The van der Waals surface area contributed by atoms with Gasteiger partial charge in [-0.3, -0.25) is 0 Å². The maximum atomic E-state index is 12.7. The van der Waals surface area contributed by atoms with Crippen LogP contribution in [0.15, 0.2) is 72.8 Å². The largest absolute Gasteiger partial charge is 0.494 e. The molecule has 0 spiro atoms. The van der Waals surface area contributed by atoms with Crippen LogP contribution in [0.1, 0.15) is 115 Å². The van der Waals surface area contributed by atoms with Gasteiger partial charge < -0.3 is 14.2 Å². The molecule has 0 radical (unpaired) electrons. The summed E-state index contributed by atoms with van der Waals surface area (Å²) in [5, 5.41) is 0. The maximum Gasteiger partial charge on any atom is 0.343 e. The molecule has 4 nitrogen and oxygen atoms in total. The van der Waals surface area contributed by atoms with Crippen molar-refractivity contribution < 1.29 is 19.0 Å². The SMILES string of the molecule is CCCCCCCCOc1ccc(-c2ccc(C(=O)Oc3ccc(O[C@@H](C)CCCCCCCC)cc3)cc2)cc1. The normalized spacial score (nSPS) is 11.7. The van der Waals surface area contributed by atoms with Crippen LogP contribution in [-0.2, 0) is 0 Å². The highest BCUT2D eigenvalue weighted by Gasteiger charge is 2.10. The Labute approximate surface area is 248 Å². The van der Waals surface area contributed by atoms with Crippen LogP contribution in [0.2, 0.25) is 0 Å². The summed E-state index contributed by atoms with van der Waals surface area (Å²) in [5.41, 5.74) is 2.64. The van der Waals surface area contributed by atoms with E-state index < -0.39 is 0 Å². The molecule has 0 heterocycles. The summed E-state index contributed by atoms with van der Waals surface area (Å²) >= 11 is 0. The van der Waals surface area contributed by atoms with Crippen molar-refractivity contribution >= 4 is 5.97 Å². The fourth-order valence-corrected chi connectivity index (χ4v) is 4.87. The zero-order chi connectivity index (χ0) is 29.1. The number of unbranched alkanes of at least 4 members (excludes halogenated alkanes) is 10. The molecule has 3 rings (SSSR count). The Morgan fingerprint density at radius 1 is 0.585 bits per heavy atom. The predicted octanol–water partition coefficient (Wildman–Crippen LogP) is 10.8. The molecule has 4 heteroatoms. The summed E-state index contributed by atoms with van der Waals surface area (Å²) in [5.74, 6) is 1.82. The second-order valence-electron chi connectivity index (χ2n) is 11.1. The molecule has 0 aliphatic rings. The van der Waals surface area contributed by atoms with E-state index in [2.05, 4.69) is 32.9 Å². The average molecular weight is 559 g/mol. The molecule has 0 aliphatic carbocycles. The van der Waals surface area contributed by atoms with Gasteiger partial charge in [-0.1, -0.05) is 102 Å². The number of benzene rings is 3. The molecule has 0 bridgehead atoms. The van der Waals surface area contributed by atoms with Crippen LogP contribution in [0.3, 0.4) is 0 Å². The van der Waals surface area contributed by atoms with Crippen molar-refractivity contribution in [1.82, 2.24) is 0 Å². The monoisotopic (exact) mass is 558 g/mol. The minimum absolute atomic E-state index is 0.168.